The normalized spacial score (nSPS) is 19.0. The van der Waals surface area contributed by atoms with Crippen LogP contribution in [0.5, 0.6) is 11.5 Å². The maximum atomic E-state index is 11.6. The minimum absolute atomic E-state index is 0. The van der Waals surface area contributed by atoms with Crippen molar-refractivity contribution in [2.24, 2.45) is 9.98 Å². The smallest absolute Gasteiger partial charge is 0.503 e. The van der Waals surface area contributed by atoms with Crippen LogP contribution in [0.25, 0.3) is 0 Å². The van der Waals surface area contributed by atoms with Crippen LogP contribution in [-0.4, -0.2) is 111 Å². The summed E-state index contributed by atoms with van der Waals surface area (Å²) in [6.07, 6.45) is 12.9. The molecule has 1 aliphatic carbocycles. The largest absolute Gasteiger partial charge is 0.507 e. The molecule has 5 rings (SSSR count). The SMILES string of the molecule is C.CCCCN1CCC[N+]2=C1N(CCCc1cc(C(C)(C)C)cc(C=NC3CCCCC3N=Cc3cc(C)cc(C)c3O)c1O)CCC2.O=C(O)O.[Co]. The van der Waals surface area contributed by atoms with E-state index in [1.165, 1.54) is 56.8 Å². The molecule has 1 saturated carbocycles. The van der Waals surface area contributed by atoms with Gasteiger partial charge in [-0.25, -0.2) is 4.79 Å². The number of hydrogen-bond acceptors (Lipinski definition) is 7. The molecule has 0 saturated heterocycles. The van der Waals surface area contributed by atoms with Gasteiger partial charge in [0.15, 0.2) is 0 Å². The quantitative estimate of drug-likeness (QED) is 0.134. The van der Waals surface area contributed by atoms with Gasteiger partial charge in [-0.05, 0) is 85.8 Å². The Kier molecular flexibility index (Phi) is 18.4. The Bertz CT molecular complexity index is 1580. The minimum atomic E-state index is -1.83. The van der Waals surface area contributed by atoms with Crippen molar-refractivity contribution in [3.05, 3.63) is 57.6 Å². The number of aryl methyl sites for hydroxylation is 3. The summed E-state index contributed by atoms with van der Waals surface area (Å²) in [6, 6.07) is 8.45. The van der Waals surface area contributed by atoms with Crippen LogP contribution in [0.2, 0.25) is 0 Å². The van der Waals surface area contributed by atoms with Crippen LogP contribution < -0.4 is 0 Å². The van der Waals surface area contributed by atoms with Gasteiger partial charge in [-0.2, -0.15) is 0 Å². The number of phenols is 2. The molecule has 1 radical (unpaired) electrons. The molecular weight excluding hydrogens is 713 g/mol. The molecule has 0 aromatic heterocycles. The molecule has 2 atom stereocenters. The molecule has 2 unspecified atom stereocenters. The molecular formula is C42H66CoN5O5+. The molecule has 3 aliphatic rings. The van der Waals surface area contributed by atoms with Crippen molar-refractivity contribution < 1.29 is 46.6 Å². The summed E-state index contributed by atoms with van der Waals surface area (Å²) in [5.41, 5.74) is 5.77. The molecule has 0 bridgehead atoms. The van der Waals surface area contributed by atoms with E-state index in [2.05, 4.69) is 54.2 Å². The fourth-order valence-corrected chi connectivity index (χ4v) is 7.57. The zero-order valence-electron chi connectivity index (χ0n) is 32.2. The molecule has 4 N–H and O–H groups in total. The van der Waals surface area contributed by atoms with E-state index in [0.717, 1.165) is 86.0 Å². The number of benzene rings is 2. The van der Waals surface area contributed by atoms with E-state index in [1.807, 2.05) is 38.4 Å². The number of unbranched alkanes of at least 4 members (excludes halogenated alkanes) is 1. The van der Waals surface area contributed by atoms with Gasteiger partial charge in [0.25, 0.3) is 0 Å². The van der Waals surface area contributed by atoms with Crippen molar-refractivity contribution in [1.29, 1.82) is 0 Å². The van der Waals surface area contributed by atoms with Crippen molar-refractivity contribution in [2.75, 3.05) is 39.3 Å². The third-order valence-electron chi connectivity index (χ3n) is 10.3. The third kappa shape index (κ3) is 13.1. The summed E-state index contributed by atoms with van der Waals surface area (Å²) >= 11 is 0. The minimum Gasteiger partial charge on any atom is -0.507 e. The molecule has 2 heterocycles. The number of guanidine groups is 1. The van der Waals surface area contributed by atoms with E-state index in [0.29, 0.717) is 11.5 Å². The van der Waals surface area contributed by atoms with Gasteiger partial charge in [0.2, 0.25) is 0 Å². The molecule has 10 nitrogen and oxygen atoms in total. The Hall–Kier alpha value is -3.57. The molecule has 0 amide bonds. The second-order valence-corrected chi connectivity index (χ2v) is 15.5. The Balaban J connectivity index is 0.00000154. The fourth-order valence-electron chi connectivity index (χ4n) is 7.57. The second kappa shape index (κ2) is 21.4. The van der Waals surface area contributed by atoms with Crippen molar-refractivity contribution in [3.63, 3.8) is 0 Å². The first-order valence-electron chi connectivity index (χ1n) is 19.0. The number of rotatable bonds is 11. The van der Waals surface area contributed by atoms with E-state index in [-0.39, 0.29) is 41.7 Å². The van der Waals surface area contributed by atoms with Gasteiger partial charge in [-0.1, -0.05) is 66.5 Å². The molecule has 0 spiro atoms. The first-order chi connectivity index (χ1) is 24.3. The molecule has 2 aromatic carbocycles. The van der Waals surface area contributed by atoms with Crippen molar-refractivity contribution in [3.8, 4) is 11.5 Å². The van der Waals surface area contributed by atoms with Crippen LogP contribution in [0, 0.1) is 13.8 Å². The average Bonchev–Trinajstić information content (AvgIpc) is 3.08. The molecule has 11 heteroatoms. The summed E-state index contributed by atoms with van der Waals surface area (Å²) < 4.78 is 2.61. The second-order valence-electron chi connectivity index (χ2n) is 15.5. The van der Waals surface area contributed by atoms with Gasteiger partial charge in [-0.3, -0.25) is 24.4 Å². The Labute approximate surface area is 329 Å². The van der Waals surface area contributed by atoms with Gasteiger partial charge in [-0.15, -0.1) is 0 Å². The van der Waals surface area contributed by atoms with E-state index in [1.54, 1.807) is 0 Å². The maximum Gasteiger partial charge on any atom is 0.503 e. The van der Waals surface area contributed by atoms with Crippen molar-refractivity contribution in [1.82, 2.24) is 9.80 Å². The van der Waals surface area contributed by atoms with Crippen LogP contribution in [0.1, 0.15) is 126 Å². The van der Waals surface area contributed by atoms with Crippen LogP contribution in [0.3, 0.4) is 0 Å². The number of phenolic OH excluding ortho intramolecular Hbond substituents is 2. The van der Waals surface area contributed by atoms with Gasteiger partial charge >= 0.3 is 12.1 Å². The van der Waals surface area contributed by atoms with E-state index < -0.39 is 6.16 Å². The zero-order chi connectivity index (χ0) is 37.1. The zero-order valence-corrected chi connectivity index (χ0v) is 33.2. The van der Waals surface area contributed by atoms with Gasteiger partial charge in [0.05, 0.1) is 51.4 Å². The summed E-state index contributed by atoms with van der Waals surface area (Å²) in [5.74, 6) is 2.12. The monoisotopic (exact) mass is 779 g/mol. The summed E-state index contributed by atoms with van der Waals surface area (Å²) in [6.45, 7) is 19.8. The van der Waals surface area contributed by atoms with Crippen LogP contribution in [-0.2, 0) is 28.6 Å². The summed E-state index contributed by atoms with van der Waals surface area (Å²) in [7, 11) is 0. The number of carboxylic acid groups (broad SMARTS) is 2. The topological polar surface area (TPSA) is 132 Å². The fraction of sp³-hybridized carbons (Fsp3) is 0.619. The molecule has 2 aromatic rings. The van der Waals surface area contributed by atoms with E-state index in [9.17, 15) is 10.2 Å². The van der Waals surface area contributed by atoms with Gasteiger partial charge in [0.1, 0.15) is 11.5 Å². The number of hydrogen-bond donors (Lipinski definition) is 4. The standard InChI is InChI=1S/C40H59N5O2.CH2O3.CH4.Co/c1-7-8-17-43-19-12-21-45-22-13-20-44(39(43)45)18-11-14-31-25-34(40(4,5)6)26-33(38(31)47)28-42-36-16-10-9-15-35(36)41-27-32-24-29(2)23-30(3)37(32)46;2-1(3)4;;/h23-28,35-36H,7-22H2,1-6H3,(H-,41,42,46,47);(H2,2,3,4);1H4;/p+1. The first kappa shape index (κ1) is 45.6. The predicted octanol–water partition coefficient (Wildman–Crippen LogP) is 8.23. The first-order valence-corrected chi connectivity index (χ1v) is 19.0. The van der Waals surface area contributed by atoms with Gasteiger partial charge in [0, 0.05) is 53.2 Å². The van der Waals surface area contributed by atoms with Gasteiger partial charge < -0.3 is 20.4 Å². The number of aromatic hydroxyl groups is 2. The van der Waals surface area contributed by atoms with Crippen LogP contribution >= 0.6 is 0 Å². The molecule has 2 aliphatic heterocycles. The predicted molar refractivity (Wildman–Crippen MR) is 214 cm³/mol. The molecule has 53 heavy (non-hydrogen) atoms. The van der Waals surface area contributed by atoms with Crippen LogP contribution in [0.15, 0.2) is 34.3 Å². The maximum absolute atomic E-state index is 11.6. The van der Waals surface area contributed by atoms with Crippen molar-refractivity contribution >= 4 is 24.5 Å². The number of aliphatic imine (C=N–C) groups is 2. The average molecular weight is 780 g/mol. The van der Waals surface area contributed by atoms with E-state index >= 15 is 0 Å². The Morgan fingerprint density at radius 1 is 0.849 bits per heavy atom. The number of carbonyl (C=O) groups is 1. The van der Waals surface area contributed by atoms with Crippen molar-refractivity contribution in [2.45, 2.75) is 131 Å². The Morgan fingerprint density at radius 3 is 1.91 bits per heavy atom. The third-order valence-corrected chi connectivity index (χ3v) is 10.3. The summed E-state index contributed by atoms with van der Waals surface area (Å²) in [5, 5.41) is 36.1. The molecule has 297 valence electrons. The van der Waals surface area contributed by atoms with Crippen LogP contribution in [0.4, 0.5) is 4.79 Å². The summed E-state index contributed by atoms with van der Waals surface area (Å²) in [4.78, 5) is 23.8. The molecule has 1 fully saturated rings. The Morgan fingerprint density at radius 2 is 1.38 bits per heavy atom. The number of nitrogens with zero attached hydrogens (tertiary/aromatic N) is 5. The van der Waals surface area contributed by atoms with E-state index in [4.69, 9.17) is 25.0 Å².